The summed E-state index contributed by atoms with van der Waals surface area (Å²) in [6.45, 7) is 9.83. The van der Waals surface area contributed by atoms with Crippen LogP contribution in [0, 0.1) is 12.3 Å². The molecule has 28 heavy (non-hydrogen) atoms. The fraction of sp³-hybridized carbons (Fsp3) is 0.524. The third-order valence-electron chi connectivity index (χ3n) is 4.64. The number of aryl methyl sites for hydroxylation is 2. The van der Waals surface area contributed by atoms with E-state index in [1.165, 1.54) is 0 Å². The van der Waals surface area contributed by atoms with Crippen molar-refractivity contribution < 1.29 is 9.53 Å². The van der Waals surface area contributed by atoms with E-state index in [9.17, 15) is 4.79 Å². The SMILES string of the molecule is COc1ncc(CN2CCCc3nc(NC(=O)CC(C)(C)C)c(C)cc32)cn1. The first-order valence-corrected chi connectivity index (χ1v) is 9.65. The van der Waals surface area contributed by atoms with Gasteiger partial charge in [0.15, 0.2) is 0 Å². The summed E-state index contributed by atoms with van der Waals surface area (Å²) < 4.78 is 5.03. The number of ether oxygens (including phenoxy) is 1. The van der Waals surface area contributed by atoms with Gasteiger partial charge in [0.05, 0.1) is 18.5 Å². The van der Waals surface area contributed by atoms with Crippen LogP contribution in [0.25, 0.3) is 0 Å². The van der Waals surface area contributed by atoms with Crippen LogP contribution in [0.2, 0.25) is 0 Å². The average Bonchev–Trinajstić information content (AvgIpc) is 2.62. The summed E-state index contributed by atoms with van der Waals surface area (Å²) in [6, 6.07) is 2.49. The zero-order valence-electron chi connectivity index (χ0n) is 17.4. The molecule has 1 aliphatic rings. The van der Waals surface area contributed by atoms with E-state index in [1.807, 2.05) is 6.92 Å². The monoisotopic (exact) mass is 383 g/mol. The molecule has 3 heterocycles. The van der Waals surface area contributed by atoms with Gasteiger partial charge in [-0.1, -0.05) is 20.8 Å². The van der Waals surface area contributed by atoms with Crippen LogP contribution in [0.5, 0.6) is 6.01 Å². The van der Waals surface area contributed by atoms with Crippen LogP contribution in [0.3, 0.4) is 0 Å². The lowest BCUT2D eigenvalue weighted by Gasteiger charge is -2.31. The predicted octanol–water partition coefficient (Wildman–Crippen LogP) is 3.52. The number of hydrogen-bond donors (Lipinski definition) is 1. The molecule has 0 saturated carbocycles. The van der Waals surface area contributed by atoms with Crippen LogP contribution >= 0.6 is 0 Å². The number of carbonyl (C=O) groups excluding carboxylic acids is 1. The van der Waals surface area contributed by atoms with E-state index < -0.39 is 0 Å². The maximum atomic E-state index is 12.3. The minimum atomic E-state index is -0.0522. The molecular formula is C21H29N5O2. The molecule has 3 rings (SSSR count). The summed E-state index contributed by atoms with van der Waals surface area (Å²) in [5.41, 5.74) is 4.09. The molecule has 7 heteroatoms. The second-order valence-corrected chi connectivity index (χ2v) is 8.51. The molecule has 0 aromatic carbocycles. The molecule has 0 bridgehead atoms. The van der Waals surface area contributed by atoms with E-state index in [0.717, 1.165) is 41.9 Å². The van der Waals surface area contributed by atoms with Crippen LogP contribution in [0.4, 0.5) is 11.5 Å². The van der Waals surface area contributed by atoms with Crippen molar-refractivity contribution in [3.8, 4) is 6.01 Å². The minimum Gasteiger partial charge on any atom is -0.467 e. The number of aromatic nitrogens is 3. The van der Waals surface area contributed by atoms with E-state index in [0.29, 0.717) is 24.8 Å². The van der Waals surface area contributed by atoms with Crippen molar-refractivity contribution in [1.82, 2.24) is 15.0 Å². The number of fused-ring (bicyclic) bond motifs is 1. The number of pyridine rings is 1. The zero-order chi connectivity index (χ0) is 20.3. The summed E-state index contributed by atoms with van der Waals surface area (Å²) >= 11 is 0. The number of hydrogen-bond acceptors (Lipinski definition) is 6. The molecule has 0 spiro atoms. The molecule has 1 N–H and O–H groups in total. The molecule has 0 fully saturated rings. The maximum Gasteiger partial charge on any atom is 0.316 e. The van der Waals surface area contributed by atoms with E-state index in [-0.39, 0.29) is 11.3 Å². The van der Waals surface area contributed by atoms with Gasteiger partial charge in [0.2, 0.25) is 5.91 Å². The highest BCUT2D eigenvalue weighted by atomic mass is 16.5. The Kier molecular flexibility index (Phi) is 5.82. The average molecular weight is 383 g/mol. The highest BCUT2D eigenvalue weighted by Gasteiger charge is 2.22. The van der Waals surface area contributed by atoms with E-state index >= 15 is 0 Å². The number of nitrogens with zero attached hydrogens (tertiary/aromatic N) is 4. The highest BCUT2D eigenvalue weighted by molar-refractivity contribution is 5.91. The third-order valence-corrected chi connectivity index (χ3v) is 4.64. The molecule has 150 valence electrons. The number of rotatable bonds is 5. The van der Waals surface area contributed by atoms with Gasteiger partial charge in [-0.15, -0.1) is 0 Å². The van der Waals surface area contributed by atoms with Crippen molar-refractivity contribution in [2.75, 3.05) is 23.9 Å². The Hall–Kier alpha value is -2.70. The largest absolute Gasteiger partial charge is 0.467 e. The number of methoxy groups -OCH3 is 1. The lowest BCUT2D eigenvalue weighted by atomic mass is 9.92. The van der Waals surface area contributed by atoms with Gasteiger partial charge in [0, 0.05) is 37.5 Å². The Labute approximate surface area is 166 Å². The molecule has 0 unspecified atom stereocenters. The van der Waals surface area contributed by atoms with Crippen molar-refractivity contribution in [2.45, 2.75) is 53.5 Å². The van der Waals surface area contributed by atoms with Gasteiger partial charge in [0.1, 0.15) is 5.82 Å². The first-order valence-electron chi connectivity index (χ1n) is 9.65. The Balaban J connectivity index is 1.78. The fourth-order valence-corrected chi connectivity index (χ4v) is 3.35. The zero-order valence-corrected chi connectivity index (χ0v) is 17.4. The van der Waals surface area contributed by atoms with Crippen LogP contribution in [-0.4, -0.2) is 34.5 Å². The second kappa shape index (κ2) is 8.12. The highest BCUT2D eigenvalue weighted by Crippen LogP contribution is 2.31. The quantitative estimate of drug-likeness (QED) is 0.851. The molecule has 0 radical (unpaired) electrons. The van der Waals surface area contributed by atoms with Gasteiger partial charge in [0.25, 0.3) is 0 Å². The summed E-state index contributed by atoms with van der Waals surface area (Å²) in [6.07, 6.45) is 5.99. The normalized spacial score (nSPS) is 13.8. The smallest absolute Gasteiger partial charge is 0.316 e. The van der Waals surface area contributed by atoms with E-state index in [2.05, 4.69) is 47.0 Å². The van der Waals surface area contributed by atoms with Gasteiger partial charge >= 0.3 is 6.01 Å². The molecule has 1 amide bonds. The van der Waals surface area contributed by atoms with E-state index in [4.69, 9.17) is 9.72 Å². The van der Waals surface area contributed by atoms with E-state index in [1.54, 1.807) is 19.5 Å². The van der Waals surface area contributed by atoms with Crippen LogP contribution in [-0.2, 0) is 17.8 Å². The lowest BCUT2D eigenvalue weighted by molar-refractivity contribution is -0.117. The van der Waals surface area contributed by atoms with Crippen molar-refractivity contribution in [3.63, 3.8) is 0 Å². The van der Waals surface area contributed by atoms with Gasteiger partial charge in [-0.3, -0.25) is 4.79 Å². The molecule has 2 aromatic heterocycles. The molecule has 0 atom stereocenters. The number of carbonyl (C=O) groups is 1. The van der Waals surface area contributed by atoms with Gasteiger partial charge in [-0.05, 0) is 36.8 Å². The molecule has 0 saturated heterocycles. The maximum absolute atomic E-state index is 12.3. The van der Waals surface area contributed by atoms with Gasteiger partial charge in [-0.25, -0.2) is 15.0 Å². The molecule has 1 aliphatic heterocycles. The number of anilines is 2. The first-order chi connectivity index (χ1) is 13.2. The van der Waals surface area contributed by atoms with Gasteiger partial charge in [-0.2, -0.15) is 0 Å². The van der Waals surface area contributed by atoms with Gasteiger partial charge < -0.3 is 15.0 Å². The first kappa shape index (κ1) is 20.0. The molecular weight excluding hydrogens is 354 g/mol. The van der Waals surface area contributed by atoms with Crippen molar-refractivity contribution in [3.05, 3.63) is 35.3 Å². The third kappa shape index (κ3) is 4.97. The van der Waals surface area contributed by atoms with Crippen molar-refractivity contribution >= 4 is 17.4 Å². The summed E-state index contributed by atoms with van der Waals surface area (Å²) in [5, 5.41) is 2.99. The summed E-state index contributed by atoms with van der Waals surface area (Å²) in [7, 11) is 1.56. The van der Waals surface area contributed by atoms with Crippen molar-refractivity contribution in [1.29, 1.82) is 0 Å². The number of nitrogens with one attached hydrogen (secondary N) is 1. The molecule has 7 nitrogen and oxygen atoms in total. The standard InChI is InChI=1S/C21H29N5O2/c1-14-9-17-16(24-19(14)25-18(27)10-21(2,3)4)7-6-8-26(17)13-15-11-22-20(28-5)23-12-15/h9,11-12H,6-8,10,13H2,1-5H3,(H,24,25,27). The summed E-state index contributed by atoms with van der Waals surface area (Å²) in [5.74, 6) is 0.675. The van der Waals surface area contributed by atoms with Crippen molar-refractivity contribution in [2.24, 2.45) is 5.41 Å². The Bertz CT molecular complexity index is 843. The summed E-state index contributed by atoms with van der Waals surface area (Å²) in [4.78, 5) is 27.8. The van der Waals surface area contributed by atoms with Crippen LogP contribution in [0.1, 0.15) is 50.4 Å². The topological polar surface area (TPSA) is 80.2 Å². The van der Waals surface area contributed by atoms with Crippen LogP contribution in [0.15, 0.2) is 18.5 Å². The second-order valence-electron chi connectivity index (χ2n) is 8.51. The number of amides is 1. The molecule has 0 aliphatic carbocycles. The minimum absolute atomic E-state index is 0.00565. The Morgan fingerprint density at radius 1 is 1.29 bits per heavy atom. The van der Waals surface area contributed by atoms with Crippen LogP contribution < -0.4 is 15.0 Å². The molecule has 2 aromatic rings. The fourth-order valence-electron chi connectivity index (χ4n) is 3.35. The predicted molar refractivity (Wildman–Crippen MR) is 110 cm³/mol. The Morgan fingerprint density at radius 2 is 2.00 bits per heavy atom. The lowest BCUT2D eigenvalue weighted by Crippen LogP contribution is -2.30. The Morgan fingerprint density at radius 3 is 2.64 bits per heavy atom.